The van der Waals surface area contributed by atoms with Crippen molar-refractivity contribution in [1.29, 1.82) is 0 Å². The van der Waals surface area contributed by atoms with E-state index in [1.807, 2.05) is 30.5 Å². The lowest BCUT2D eigenvalue weighted by atomic mass is 9.84. The van der Waals surface area contributed by atoms with Gasteiger partial charge in [-0.1, -0.05) is 23.7 Å². The third-order valence-corrected chi connectivity index (χ3v) is 6.36. The zero-order valence-corrected chi connectivity index (χ0v) is 16.8. The van der Waals surface area contributed by atoms with Gasteiger partial charge in [-0.3, -0.25) is 14.8 Å². The monoisotopic (exact) mass is 386 g/mol. The number of carbonyl (C=O) groups is 1. The van der Waals surface area contributed by atoms with Crippen molar-refractivity contribution in [1.82, 2.24) is 20.0 Å². The van der Waals surface area contributed by atoms with Crippen molar-refractivity contribution in [3.63, 3.8) is 0 Å². The average molecular weight is 387 g/mol. The molecule has 3 heterocycles. The number of H-pyrrole nitrogens is 1. The first-order valence-corrected chi connectivity index (χ1v) is 10.2. The molecule has 2 saturated heterocycles. The van der Waals surface area contributed by atoms with Crippen LogP contribution in [0.1, 0.15) is 45.1 Å². The van der Waals surface area contributed by atoms with Gasteiger partial charge in [0.15, 0.2) is 0 Å². The van der Waals surface area contributed by atoms with Gasteiger partial charge in [0.25, 0.3) is 0 Å². The van der Waals surface area contributed by atoms with E-state index in [9.17, 15) is 4.79 Å². The first kappa shape index (κ1) is 18.5. The van der Waals surface area contributed by atoms with Gasteiger partial charge in [-0.2, -0.15) is 5.10 Å². The molecule has 1 amide bonds. The molecular formula is C21H27ClN4O. The van der Waals surface area contributed by atoms with Crippen molar-refractivity contribution in [2.45, 2.75) is 57.7 Å². The van der Waals surface area contributed by atoms with Gasteiger partial charge in [-0.05, 0) is 63.8 Å². The minimum absolute atomic E-state index is 0.260. The van der Waals surface area contributed by atoms with Crippen LogP contribution in [-0.4, -0.2) is 50.6 Å². The maximum Gasteiger partial charge on any atom is 0.243 e. The molecule has 0 radical (unpaired) electrons. The van der Waals surface area contributed by atoms with E-state index in [2.05, 4.69) is 33.8 Å². The van der Waals surface area contributed by atoms with Gasteiger partial charge in [-0.15, -0.1) is 0 Å². The Balaban J connectivity index is 1.61. The highest BCUT2D eigenvalue weighted by Gasteiger charge is 2.51. The summed E-state index contributed by atoms with van der Waals surface area (Å²) in [5, 5.41) is 8.13. The Labute approximate surface area is 165 Å². The molecule has 2 fully saturated rings. The molecule has 1 atom stereocenters. The second kappa shape index (κ2) is 7.28. The highest BCUT2D eigenvalue weighted by molar-refractivity contribution is 6.30. The maximum atomic E-state index is 13.4. The molecule has 1 unspecified atom stereocenters. The normalized spacial score (nSPS) is 23.7. The van der Waals surface area contributed by atoms with E-state index in [1.165, 1.54) is 0 Å². The van der Waals surface area contributed by atoms with Crippen molar-refractivity contribution in [3.8, 4) is 11.3 Å². The Morgan fingerprint density at radius 1 is 1.19 bits per heavy atom. The van der Waals surface area contributed by atoms with Crippen LogP contribution < -0.4 is 0 Å². The number of hydrogen-bond acceptors (Lipinski definition) is 3. The van der Waals surface area contributed by atoms with Crippen LogP contribution in [0.3, 0.4) is 0 Å². The summed E-state index contributed by atoms with van der Waals surface area (Å²) < 4.78 is 0. The number of benzene rings is 1. The number of likely N-dealkylation sites (tertiary alicyclic amines) is 2. The predicted octanol–water partition coefficient (Wildman–Crippen LogP) is 4.10. The summed E-state index contributed by atoms with van der Waals surface area (Å²) in [6.45, 7) is 6.82. The van der Waals surface area contributed by atoms with Gasteiger partial charge in [-0.25, -0.2) is 0 Å². The quantitative estimate of drug-likeness (QED) is 0.860. The number of piperidine rings is 1. The van der Waals surface area contributed by atoms with Crippen LogP contribution in [0.4, 0.5) is 0 Å². The lowest BCUT2D eigenvalue weighted by Crippen LogP contribution is -2.61. The topological polar surface area (TPSA) is 52.2 Å². The molecule has 2 aromatic rings. The summed E-state index contributed by atoms with van der Waals surface area (Å²) in [5.41, 5.74) is 2.88. The molecule has 0 saturated carbocycles. The Morgan fingerprint density at radius 2 is 1.89 bits per heavy atom. The van der Waals surface area contributed by atoms with Gasteiger partial charge in [0.05, 0.1) is 11.9 Å². The van der Waals surface area contributed by atoms with Crippen LogP contribution in [0.2, 0.25) is 5.02 Å². The van der Waals surface area contributed by atoms with Crippen LogP contribution in [0.5, 0.6) is 0 Å². The highest BCUT2D eigenvalue weighted by Crippen LogP contribution is 2.40. The average Bonchev–Trinajstić information content (AvgIpc) is 3.26. The largest absolute Gasteiger partial charge is 0.339 e. The zero-order valence-electron chi connectivity index (χ0n) is 16.0. The number of nitrogens with one attached hydrogen (secondary N) is 1. The fraction of sp³-hybridized carbons (Fsp3) is 0.524. The van der Waals surface area contributed by atoms with Crippen LogP contribution in [0, 0.1) is 0 Å². The molecule has 27 heavy (non-hydrogen) atoms. The van der Waals surface area contributed by atoms with Crippen molar-refractivity contribution >= 4 is 17.5 Å². The number of aromatic amines is 1. The van der Waals surface area contributed by atoms with E-state index < -0.39 is 0 Å². The summed E-state index contributed by atoms with van der Waals surface area (Å²) in [5.74, 6) is 0.317. The van der Waals surface area contributed by atoms with Crippen LogP contribution >= 0.6 is 11.6 Å². The zero-order chi connectivity index (χ0) is 19.0. The molecule has 0 aliphatic carbocycles. The lowest BCUT2D eigenvalue weighted by Gasteiger charge is -2.46. The molecule has 1 aromatic carbocycles. The second-order valence-corrected chi connectivity index (χ2v) is 8.47. The van der Waals surface area contributed by atoms with Crippen LogP contribution in [0.15, 0.2) is 30.5 Å². The molecule has 2 aliphatic heterocycles. The fourth-order valence-corrected chi connectivity index (χ4v) is 4.83. The smallest absolute Gasteiger partial charge is 0.243 e. The van der Waals surface area contributed by atoms with Crippen molar-refractivity contribution in [2.75, 3.05) is 13.1 Å². The molecule has 5 nitrogen and oxygen atoms in total. The first-order valence-electron chi connectivity index (χ1n) is 9.85. The molecule has 1 N–H and O–H groups in total. The Bertz CT molecular complexity index is 816. The number of rotatable bonds is 4. The molecule has 144 valence electrons. The van der Waals surface area contributed by atoms with E-state index in [0.717, 1.165) is 67.2 Å². The minimum Gasteiger partial charge on any atom is -0.339 e. The van der Waals surface area contributed by atoms with Gasteiger partial charge < -0.3 is 4.90 Å². The Hall–Kier alpha value is -1.85. The molecule has 1 aromatic heterocycles. The Morgan fingerprint density at radius 3 is 2.59 bits per heavy atom. The van der Waals surface area contributed by atoms with Gasteiger partial charge in [0.2, 0.25) is 5.91 Å². The standard InChI is InChI=1S/C21H27ClN4O/c1-15(2)26-12-4-10-21(20(26)27)9-3-11-25(21)14-17-13-23-24-19(17)16-5-7-18(22)8-6-16/h5-8,13,15H,3-4,9-12,14H2,1-2H3,(H,23,24). The number of nitrogens with zero attached hydrogens (tertiary/aromatic N) is 3. The summed E-state index contributed by atoms with van der Waals surface area (Å²) in [6.07, 6.45) is 5.97. The fourth-order valence-electron chi connectivity index (χ4n) is 4.70. The van der Waals surface area contributed by atoms with Gasteiger partial charge >= 0.3 is 0 Å². The maximum absolute atomic E-state index is 13.4. The molecule has 2 aliphatic rings. The minimum atomic E-state index is -0.336. The van der Waals surface area contributed by atoms with E-state index in [1.54, 1.807) is 0 Å². The first-order chi connectivity index (χ1) is 13.0. The van der Waals surface area contributed by atoms with Crippen LogP contribution in [0.25, 0.3) is 11.3 Å². The summed E-state index contributed by atoms with van der Waals surface area (Å²) in [7, 11) is 0. The van der Waals surface area contributed by atoms with E-state index in [4.69, 9.17) is 11.6 Å². The van der Waals surface area contributed by atoms with Gasteiger partial charge in [0, 0.05) is 29.7 Å². The van der Waals surface area contributed by atoms with Crippen molar-refractivity contribution in [3.05, 3.63) is 41.0 Å². The van der Waals surface area contributed by atoms with E-state index >= 15 is 0 Å². The number of hydrogen-bond donors (Lipinski definition) is 1. The highest BCUT2D eigenvalue weighted by atomic mass is 35.5. The third kappa shape index (κ3) is 3.27. The number of carbonyl (C=O) groups excluding carboxylic acids is 1. The van der Waals surface area contributed by atoms with Crippen LogP contribution in [-0.2, 0) is 11.3 Å². The summed E-state index contributed by atoms with van der Waals surface area (Å²) in [6, 6.07) is 8.06. The second-order valence-electron chi connectivity index (χ2n) is 8.03. The lowest BCUT2D eigenvalue weighted by molar-refractivity contribution is -0.149. The van der Waals surface area contributed by atoms with E-state index in [0.29, 0.717) is 5.91 Å². The number of amides is 1. The Kier molecular flexibility index (Phi) is 4.99. The van der Waals surface area contributed by atoms with Gasteiger partial charge in [0.1, 0.15) is 5.54 Å². The molecule has 4 rings (SSSR count). The third-order valence-electron chi connectivity index (χ3n) is 6.11. The van der Waals surface area contributed by atoms with Crippen molar-refractivity contribution in [2.24, 2.45) is 0 Å². The molecule has 1 spiro atoms. The summed E-state index contributed by atoms with van der Waals surface area (Å²) in [4.78, 5) is 17.8. The molecule has 0 bridgehead atoms. The predicted molar refractivity (Wildman–Crippen MR) is 107 cm³/mol. The SMILES string of the molecule is CC(C)N1CCCC2(CCCN2Cc2cn[nH]c2-c2ccc(Cl)cc2)C1=O. The summed E-state index contributed by atoms with van der Waals surface area (Å²) >= 11 is 6.03. The molecular weight excluding hydrogens is 360 g/mol. The number of halogens is 1. The molecule has 6 heteroatoms. The number of aromatic nitrogens is 2. The van der Waals surface area contributed by atoms with Crippen molar-refractivity contribution < 1.29 is 4.79 Å². The van der Waals surface area contributed by atoms with E-state index in [-0.39, 0.29) is 11.6 Å².